The average Bonchev–Trinajstić information content (AvgIpc) is 3.78. The van der Waals surface area contributed by atoms with Gasteiger partial charge in [-0.15, -0.1) is 0 Å². The molecule has 0 amide bonds. The minimum Gasteiger partial charge on any atom is -0.278 e. The fourth-order valence-electron chi connectivity index (χ4n) is 10.1. The van der Waals surface area contributed by atoms with Gasteiger partial charge in [0.2, 0.25) is 5.95 Å². The number of nitrogens with zero attached hydrogens (tertiary/aromatic N) is 5. The van der Waals surface area contributed by atoms with Gasteiger partial charge in [0, 0.05) is 16.5 Å². The summed E-state index contributed by atoms with van der Waals surface area (Å²) in [5.74, 6) is 1.63. The molecule has 0 fully saturated rings. The van der Waals surface area contributed by atoms with Crippen LogP contribution in [0, 0.1) is 6.57 Å². The quantitative estimate of drug-likeness (QED) is 0.0780. The molecule has 0 radical (unpaired) electrons. The van der Waals surface area contributed by atoms with Crippen molar-refractivity contribution in [2.24, 2.45) is 0 Å². The van der Waals surface area contributed by atoms with Crippen molar-refractivity contribution >= 4 is 56.3 Å². The number of hydrogen-bond donors (Lipinski definition) is 0. The number of para-hydroxylation sites is 1. The molecule has 0 saturated carbocycles. The van der Waals surface area contributed by atoms with Crippen molar-refractivity contribution in [3.63, 3.8) is 0 Å². The molecule has 0 spiro atoms. The van der Waals surface area contributed by atoms with Gasteiger partial charge in [0.25, 0.3) is 0 Å². The topological polar surface area (TPSA) is 48.0 Å². The molecule has 70 heavy (non-hydrogen) atoms. The SMILES string of the molecule is [C-]#[N+]c1ccc2c(c1)c1ccccc1n2-c1nc(-c2ccccc2)nc(-c2cccc([Si](c3cccc(-c4ccccc4)c3)(c3cccc(-c4ccccc4)c3)c3cccc(-c4ccccc4)c3)c2)n1. The number of fused-ring (bicyclic) bond motifs is 3. The van der Waals surface area contributed by atoms with E-state index in [-0.39, 0.29) is 0 Å². The van der Waals surface area contributed by atoms with Gasteiger partial charge in [-0.25, -0.2) is 9.83 Å². The first-order valence-corrected chi connectivity index (χ1v) is 25.5. The molecule has 328 valence electrons. The summed E-state index contributed by atoms with van der Waals surface area (Å²) in [4.78, 5) is 19.7. The highest BCUT2D eigenvalue weighted by molar-refractivity contribution is 7.20. The Balaban J connectivity index is 1.15. The molecule has 0 saturated heterocycles. The van der Waals surface area contributed by atoms with Crippen LogP contribution >= 0.6 is 0 Å². The monoisotopic (exact) mass is 909 g/mol. The maximum atomic E-state index is 7.81. The van der Waals surface area contributed by atoms with Gasteiger partial charge in [-0.3, -0.25) is 4.57 Å². The molecule has 2 aromatic heterocycles. The number of hydrogen-bond acceptors (Lipinski definition) is 3. The van der Waals surface area contributed by atoms with E-state index in [1.807, 2.05) is 60.7 Å². The molecule has 12 aromatic rings. The Morgan fingerprint density at radius 2 is 0.700 bits per heavy atom. The van der Waals surface area contributed by atoms with E-state index in [2.05, 4.69) is 210 Å². The van der Waals surface area contributed by atoms with Crippen molar-refractivity contribution in [1.82, 2.24) is 19.5 Å². The van der Waals surface area contributed by atoms with E-state index in [0.29, 0.717) is 23.3 Å². The summed E-state index contributed by atoms with van der Waals surface area (Å²) in [7, 11) is -3.28. The van der Waals surface area contributed by atoms with Gasteiger partial charge in [0.05, 0.1) is 17.6 Å². The number of aromatic nitrogens is 4. The molecule has 6 heteroatoms. The Labute approximate surface area is 408 Å². The van der Waals surface area contributed by atoms with Crippen molar-refractivity contribution in [2.45, 2.75) is 0 Å². The summed E-state index contributed by atoms with van der Waals surface area (Å²) in [6.07, 6.45) is 0. The van der Waals surface area contributed by atoms with E-state index < -0.39 is 8.07 Å². The molecule has 5 nitrogen and oxygen atoms in total. The summed E-state index contributed by atoms with van der Waals surface area (Å²) in [6.45, 7) is 7.81. The lowest BCUT2D eigenvalue weighted by molar-refractivity contribution is 0.953. The minimum atomic E-state index is -3.28. The van der Waals surface area contributed by atoms with Gasteiger partial charge in [0.1, 0.15) is 0 Å². The third-order valence-corrected chi connectivity index (χ3v) is 18.1. The molecule has 0 atom stereocenters. The first kappa shape index (κ1) is 42.1. The maximum absolute atomic E-state index is 7.81. The van der Waals surface area contributed by atoms with Crippen LogP contribution in [0.2, 0.25) is 0 Å². The average molecular weight is 910 g/mol. The summed E-state index contributed by atoms with van der Waals surface area (Å²) in [5, 5.41) is 6.96. The van der Waals surface area contributed by atoms with Crippen molar-refractivity contribution in [1.29, 1.82) is 0 Å². The highest BCUT2D eigenvalue weighted by Gasteiger charge is 2.42. The molecule has 0 unspecified atom stereocenters. The highest BCUT2D eigenvalue weighted by Crippen LogP contribution is 2.35. The minimum absolute atomic E-state index is 0.501. The largest absolute Gasteiger partial charge is 0.278 e. The Morgan fingerprint density at radius 3 is 1.19 bits per heavy atom. The van der Waals surface area contributed by atoms with E-state index >= 15 is 0 Å². The fourth-order valence-corrected chi connectivity index (χ4v) is 15.0. The summed E-state index contributed by atoms with van der Waals surface area (Å²) in [5.41, 5.74) is 11.2. The van der Waals surface area contributed by atoms with Crippen LogP contribution in [0.3, 0.4) is 0 Å². The summed E-state index contributed by atoms with van der Waals surface area (Å²) in [6, 6.07) is 92.9. The zero-order valence-corrected chi connectivity index (χ0v) is 39.1. The fraction of sp³-hybridized carbons (Fsp3) is 0. The van der Waals surface area contributed by atoms with Crippen LogP contribution in [0.25, 0.3) is 88.8 Å². The van der Waals surface area contributed by atoms with Crippen LogP contribution in [-0.2, 0) is 0 Å². The molecular formula is C64H43N5Si. The Kier molecular flexibility index (Phi) is 10.9. The third kappa shape index (κ3) is 7.57. The van der Waals surface area contributed by atoms with Crippen molar-refractivity contribution in [2.75, 3.05) is 0 Å². The smallest absolute Gasteiger partial charge is 0.238 e. The van der Waals surface area contributed by atoms with Crippen molar-refractivity contribution in [3.8, 4) is 62.1 Å². The van der Waals surface area contributed by atoms with E-state index in [9.17, 15) is 0 Å². The van der Waals surface area contributed by atoms with E-state index in [1.54, 1.807) is 0 Å². The first-order chi connectivity index (χ1) is 34.6. The second kappa shape index (κ2) is 18.1. The molecule has 0 N–H and O–H groups in total. The Bertz CT molecular complexity index is 3700. The van der Waals surface area contributed by atoms with Gasteiger partial charge in [-0.1, -0.05) is 243 Å². The number of rotatable bonds is 10. The third-order valence-electron chi connectivity index (χ3n) is 13.4. The lowest BCUT2D eigenvalue weighted by Crippen LogP contribution is -2.74. The highest BCUT2D eigenvalue weighted by atomic mass is 28.3. The van der Waals surface area contributed by atoms with E-state index in [0.717, 1.165) is 49.6 Å². The Morgan fingerprint density at radius 1 is 0.314 bits per heavy atom. The van der Waals surface area contributed by atoms with Gasteiger partial charge in [0.15, 0.2) is 25.4 Å². The first-order valence-electron chi connectivity index (χ1n) is 23.5. The lowest BCUT2D eigenvalue weighted by atomic mass is 10.1. The van der Waals surface area contributed by atoms with Crippen LogP contribution < -0.4 is 20.7 Å². The number of benzene rings is 10. The zero-order valence-electron chi connectivity index (χ0n) is 38.1. The van der Waals surface area contributed by atoms with Gasteiger partial charge < -0.3 is 0 Å². The van der Waals surface area contributed by atoms with Crippen molar-refractivity contribution < 1.29 is 0 Å². The van der Waals surface area contributed by atoms with Crippen LogP contribution in [0.5, 0.6) is 0 Å². The molecule has 0 aliphatic rings. The maximum Gasteiger partial charge on any atom is 0.238 e. The van der Waals surface area contributed by atoms with E-state index in [1.165, 1.54) is 37.4 Å². The molecule has 12 rings (SSSR count). The standard InChI is InChI=1S/C64H43N5Si/c1-65-53-38-39-61-59(44-53)58-36-14-15-37-60(58)69(61)64-67-62(48-26-12-5-13-27-48)66-63(68-64)52-31-19-35-57(43-52)70(54-32-16-28-49(40-54)45-20-6-2-7-21-45,55-33-17-29-50(41-55)46-22-8-3-9-23-46)56-34-18-30-51(42-56)47-24-10-4-11-25-47/h2-44H. The second-order valence-corrected chi connectivity index (χ2v) is 21.3. The molecule has 10 aromatic carbocycles. The van der Waals surface area contributed by atoms with Crippen LogP contribution in [0.1, 0.15) is 0 Å². The van der Waals surface area contributed by atoms with Gasteiger partial charge >= 0.3 is 0 Å². The second-order valence-electron chi connectivity index (χ2n) is 17.5. The predicted molar refractivity (Wildman–Crippen MR) is 291 cm³/mol. The van der Waals surface area contributed by atoms with E-state index in [4.69, 9.17) is 21.5 Å². The molecule has 0 aliphatic heterocycles. The van der Waals surface area contributed by atoms with Crippen LogP contribution in [0.15, 0.2) is 261 Å². The van der Waals surface area contributed by atoms with Gasteiger partial charge in [-0.05, 0) is 77.7 Å². The summed E-state index contributed by atoms with van der Waals surface area (Å²) < 4.78 is 2.11. The summed E-state index contributed by atoms with van der Waals surface area (Å²) >= 11 is 0. The molecule has 2 heterocycles. The van der Waals surface area contributed by atoms with Crippen LogP contribution in [0.4, 0.5) is 5.69 Å². The normalized spacial score (nSPS) is 11.4. The Hall–Kier alpha value is -9.28. The zero-order chi connectivity index (χ0) is 46.9. The van der Waals surface area contributed by atoms with Crippen molar-refractivity contribution in [3.05, 3.63) is 272 Å². The van der Waals surface area contributed by atoms with Crippen LogP contribution in [-0.4, -0.2) is 27.6 Å². The van der Waals surface area contributed by atoms with Gasteiger partial charge in [-0.2, -0.15) is 9.97 Å². The molecule has 0 aliphatic carbocycles. The molecule has 0 bridgehead atoms. The molecular weight excluding hydrogens is 867 g/mol. The predicted octanol–water partition coefficient (Wildman–Crippen LogP) is 13.2. The lowest BCUT2D eigenvalue weighted by Gasteiger charge is -2.35.